The second-order valence-electron chi connectivity index (χ2n) is 6.61. The van der Waals surface area contributed by atoms with Gasteiger partial charge in [0.05, 0.1) is 10.0 Å². The van der Waals surface area contributed by atoms with E-state index in [0.717, 1.165) is 38.0 Å². The summed E-state index contributed by atoms with van der Waals surface area (Å²) in [6.45, 7) is 2.71. The normalized spacial score (nSPS) is 15.8. The van der Waals surface area contributed by atoms with Gasteiger partial charge in [0.15, 0.2) is 0 Å². The highest BCUT2D eigenvalue weighted by Gasteiger charge is 2.25. The number of hydrogen-bond donors (Lipinski definition) is 1. The molecule has 1 fully saturated rings. The Morgan fingerprint density at radius 3 is 2.54 bits per heavy atom. The topological polar surface area (TPSA) is 32.3 Å². The molecule has 0 aliphatic carbocycles. The van der Waals surface area contributed by atoms with E-state index in [4.69, 9.17) is 23.2 Å². The number of nitrogens with zero attached hydrogens (tertiary/aromatic N) is 1. The van der Waals surface area contributed by atoms with E-state index in [1.54, 1.807) is 18.2 Å². The molecule has 3 rings (SSSR count). The largest absolute Gasteiger partial charge is 0.352 e. The fourth-order valence-electron chi connectivity index (χ4n) is 3.22. The first-order valence-corrected chi connectivity index (χ1v) is 9.46. The lowest BCUT2D eigenvalue weighted by Crippen LogP contribution is -2.40. The Kier molecular flexibility index (Phi) is 6.52. The molecule has 138 valence electrons. The predicted molar refractivity (Wildman–Crippen MR) is 103 cm³/mol. The van der Waals surface area contributed by atoms with Crippen molar-refractivity contribution in [1.29, 1.82) is 0 Å². The van der Waals surface area contributed by atoms with Crippen LogP contribution in [0.5, 0.6) is 0 Å². The summed E-state index contributed by atoms with van der Waals surface area (Å²) in [5.74, 6) is -0.307. The average Bonchev–Trinajstić information content (AvgIpc) is 2.64. The highest BCUT2D eigenvalue weighted by atomic mass is 35.5. The van der Waals surface area contributed by atoms with Gasteiger partial charge in [-0.2, -0.15) is 0 Å². The molecule has 2 aromatic rings. The number of rotatable bonds is 5. The fraction of sp³-hybridized carbons (Fsp3) is 0.350. The molecule has 0 saturated carbocycles. The number of benzene rings is 2. The molecule has 6 heteroatoms. The molecule has 0 radical (unpaired) electrons. The summed E-state index contributed by atoms with van der Waals surface area (Å²) in [6, 6.07) is 12.2. The summed E-state index contributed by atoms with van der Waals surface area (Å²) in [7, 11) is 0. The Labute approximate surface area is 163 Å². The molecule has 0 unspecified atom stereocenters. The SMILES string of the molecule is O=C(NCc1ccccc1F)C1CCN(Cc2ccc(Cl)c(Cl)c2)CC1. The Bertz CT molecular complexity index is 776. The van der Waals surface area contributed by atoms with Gasteiger partial charge in [-0.15, -0.1) is 0 Å². The van der Waals surface area contributed by atoms with Gasteiger partial charge in [-0.3, -0.25) is 9.69 Å². The van der Waals surface area contributed by atoms with Crippen LogP contribution in [0.1, 0.15) is 24.0 Å². The molecule has 0 bridgehead atoms. The van der Waals surface area contributed by atoms with E-state index >= 15 is 0 Å². The van der Waals surface area contributed by atoms with Crippen LogP contribution in [-0.4, -0.2) is 23.9 Å². The number of nitrogens with one attached hydrogen (secondary N) is 1. The van der Waals surface area contributed by atoms with Gasteiger partial charge in [-0.05, 0) is 49.7 Å². The van der Waals surface area contributed by atoms with Crippen LogP contribution in [0, 0.1) is 11.7 Å². The monoisotopic (exact) mass is 394 g/mol. The van der Waals surface area contributed by atoms with Crippen LogP contribution in [0.3, 0.4) is 0 Å². The summed E-state index contributed by atoms with van der Waals surface area (Å²) in [5.41, 5.74) is 1.62. The molecule has 1 heterocycles. The van der Waals surface area contributed by atoms with Crippen LogP contribution in [-0.2, 0) is 17.9 Å². The smallest absolute Gasteiger partial charge is 0.223 e. The lowest BCUT2D eigenvalue weighted by Gasteiger charge is -2.31. The van der Waals surface area contributed by atoms with Crippen LogP contribution >= 0.6 is 23.2 Å². The molecule has 1 amide bonds. The summed E-state index contributed by atoms with van der Waals surface area (Å²) in [6.07, 6.45) is 1.59. The number of carbonyl (C=O) groups is 1. The minimum absolute atomic E-state index is 0.00226. The predicted octanol–water partition coefficient (Wildman–Crippen LogP) is 4.66. The number of piperidine rings is 1. The highest BCUT2D eigenvalue weighted by Crippen LogP contribution is 2.25. The Balaban J connectivity index is 1.46. The lowest BCUT2D eigenvalue weighted by molar-refractivity contribution is -0.126. The molecule has 3 nitrogen and oxygen atoms in total. The molecular weight excluding hydrogens is 374 g/mol. The van der Waals surface area contributed by atoms with Gasteiger partial charge < -0.3 is 5.32 Å². The molecule has 26 heavy (non-hydrogen) atoms. The maximum atomic E-state index is 13.6. The van der Waals surface area contributed by atoms with Crippen molar-refractivity contribution in [1.82, 2.24) is 10.2 Å². The van der Waals surface area contributed by atoms with Crippen molar-refractivity contribution in [2.45, 2.75) is 25.9 Å². The first-order valence-electron chi connectivity index (χ1n) is 8.70. The van der Waals surface area contributed by atoms with Crippen molar-refractivity contribution in [2.75, 3.05) is 13.1 Å². The van der Waals surface area contributed by atoms with Crippen molar-refractivity contribution < 1.29 is 9.18 Å². The van der Waals surface area contributed by atoms with Crippen molar-refractivity contribution in [2.24, 2.45) is 5.92 Å². The number of carbonyl (C=O) groups excluding carboxylic acids is 1. The van der Waals surface area contributed by atoms with Crippen molar-refractivity contribution in [3.05, 3.63) is 69.5 Å². The van der Waals surface area contributed by atoms with E-state index in [1.807, 2.05) is 18.2 Å². The van der Waals surface area contributed by atoms with Gasteiger partial charge in [0.1, 0.15) is 5.82 Å². The molecule has 1 saturated heterocycles. The molecule has 0 atom stereocenters. The zero-order valence-electron chi connectivity index (χ0n) is 14.4. The van der Waals surface area contributed by atoms with Crippen LogP contribution in [0.2, 0.25) is 10.0 Å². The second kappa shape index (κ2) is 8.85. The van der Waals surface area contributed by atoms with Gasteiger partial charge >= 0.3 is 0 Å². The third kappa shape index (κ3) is 4.97. The van der Waals surface area contributed by atoms with Gasteiger partial charge in [0.2, 0.25) is 5.91 Å². The standard InChI is InChI=1S/C20H21Cl2FN2O/c21-17-6-5-14(11-18(17)22)13-25-9-7-15(8-10-25)20(26)24-12-16-3-1-2-4-19(16)23/h1-6,11,15H,7-10,12-13H2,(H,24,26). The lowest BCUT2D eigenvalue weighted by atomic mass is 9.95. The Hall–Kier alpha value is -1.62. The summed E-state index contributed by atoms with van der Waals surface area (Å²) in [5, 5.41) is 3.98. The Morgan fingerprint density at radius 1 is 1.12 bits per heavy atom. The van der Waals surface area contributed by atoms with Crippen LogP contribution in [0.15, 0.2) is 42.5 Å². The van der Waals surface area contributed by atoms with Crippen molar-refractivity contribution >= 4 is 29.1 Å². The van der Waals surface area contributed by atoms with Gasteiger partial charge in [-0.25, -0.2) is 4.39 Å². The average molecular weight is 395 g/mol. The summed E-state index contributed by atoms with van der Waals surface area (Å²) >= 11 is 12.0. The third-order valence-electron chi connectivity index (χ3n) is 4.76. The van der Waals surface area contributed by atoms with E-state index in [9.17, 15) is 9.18 Å². The maximum Gasteiger partial charge on any atom is 0.223 e. The number of halogens is 3. The zero-order valence-corrected chi connectivity index (χ0v) is 15.9. The van der Waals surface area contributed by atoms with Crippen LogP contribution < -0.4 is 5.32 Å². The van der Waals surface area contributed by atoms with E-state index in [0.29, 0.717) is 15.6 Å². The number of likely N-dealkylation sites (tertiary alicyclic amines) is 1. The zero-order chi connectivity index (χ0) is 18.5. The van der Waals surface area contributed by atoms with Gasteiger partial charge in [-0.1, -0.05) is 47.5 Å². The first-order chi connectivity index (χ1) is 12.5. The number of hydrogen-bond acceptors (Lipinski definition) is 2. The van der Waals surface area contributed by atoms with E-state index in [2.05, 4.69) is 10.2 Å². The van der Waals surface area contributed by atoms with Gasteiger partial charge in [0.25, 0.3) is 0 Å². The van der Waals surface area contributed by atoms with Gasteiger partial charge in [0, 0.05) is 24.6 Å². The number of amides is 1. The summed E-state index contributed by atoms with van der Waals surface area (Å²) < 4.78 is 13.6. The minimum Gasteiger partial charge on any atom is -0.352 e. The minimum atomic E-state index is -0.288. The van der Waals surface area contributed by atoms with Crippen molar-refractivity contribution in [3.8, 4) is 0 Å². The van der Waals surface area contributed by atoms with Crippen LogP contribution in [0.25, 0.3) is 0 Å². The van der Waals surface area contributed by atoms with E-state index in [1.165, 1.54) is 6.07 Å². The molecule has 1 aliphatic rings. The Morgan fingerprint density at radius 2 is 1.85 bits per heavy atom. The molecular formula is C20H21Cl2FN2O. The first kappa shape index (κ1) is 19.2. The highest BCUT2D eigenvalue weighted by molar-refractivity contribution is 6.42. The summed E-state index contributed by atoms with van der Waals surface area (Å²) in [4.78, 5) is 14.7. The molecule has 0 aromatic heterocycles. The molecule has 2 aromatic carbocycles. The maximum absolute atomic E-state index is 13.6. The third-order valence-corrected chi connectivity index (χ3v) is 5.50. The molecule has 1 aliphatic heterocycles. The van der Waals surface area contributed by atoms with Crippen LogP contribution in [0.4, 0.5) is 4.39 Å². The van der Waals surface area contributed by atoms with E-state index < -0.39 is 0 Å². The molecule has 0 spiro atoms. The molecule has 1 N–H and O–H groups in total. The quantitative estimate of drug-likeness (QED) is 0.799. The fourth-order valence-corrected chi connectivity index (χ4v) is 3.54. The van der Waals surface area contributed by atoms with Crippen molar-refractivity contribution in [3.63, 3.8) is 0 Å². The second-order valence-corrected chi connectivity index (χ2v) is 7.42. The van der Waals surface area contributed by atoms with E-state index in [-0.39, 0.29) is 24.2 Å².